The third kappa shape index (κ3) is 3.62. The van der Waals surface area contributed by atoms with Crippen molar-refractivity contribution in [2.45, 2.75) is 31.7 Å². The van der Waals surface area contributed by atoms with Gasteiger partial charge in [0, 0.05) is 19.1 Å². The normalized spacial score (nSPS) is 14.7. The zero-order chi connectivity index (χ0) is 11.8. The van der Waals surface area contributed by atoms with Gasteiger partial charge in [-0.25, -0.2) is 0 Å². The van der Waals surface area contributed by atoms with Crippen LogP contribution >= 0.6 is 0 Å². The van der Waals surface area contributed by atoms with Crippen molar-refractivity contribution in [2.24, 2.45) is 0 Å². The minimum atomic E-state index is 0.441. The van der Waals surface area contributed by atoms with Gasteiger partial charge >= 0.3 is 0 Å². The number of benzene rings is 1. The van der Waals surface area contributed by atoms with E-state index in [4.69, 9.17) is 4.74 Å². The van der Waals surface area contributed by atoms with E-state index < -0.39 is 0 Å². The summed E-state index contributed by atoms with van der Waals surface area (Å²) in [7, 11) is 3.81. The molecule has 0 heterocycles. The molecule has 1 aromatic carbocycles. The predicted molar refractivity (Wildman–Crippen MR) is 68.8 cm³/mol. The highest BCUT2D eigenvalue weighted by molar-refractivity contribution is 5.21. The van der Waals surface area contributed by atoms with Crippen LogP contribution in [-0.2, 0) is 4.74 Å². The van der Waals surface area contributed by atoms with E-state index in [9.17, 15) is 0 Å². The van der Waals surface area contributed by atoms with Crippen LogP contribution in [0.1, 0.15) is 31.2 Å². The second-order valence-electron chi connectivity index (χ2n) is 4.16. The Morgan fingerprint density at radius 2 is 1.94 bits per heavy atom. The first-order valence-electron chi connectivity index (χ1n) is 6.04. The third-order valence-corrected chi connectivity index (χ3v) is 3.03. The van der Waals surface area contributed by atoms with E-state index in [0.717, 1.165) is 6.61 Å². The van der Waals surface area contributed by atoms with E-state index in [0.29, 0.717) is 12.0 Å². The van der Waals surface area contributed by atoms with Gasteiger partial charge in [-0.15, -0.1) is 0 Å². The Morgan fingerprint density at radius 1 is 1.25 bits per heavy atom. The molecule has 2 heteroatoms. The average Bonchev–Trinajstić information content (AvgIpc) is 2.35. The number of rotatable bonds is 7. The Morgan fingerprint density at radius 3 is 2.44 bits per heavy atom. The van der Waals surface area contributed by atoms with Crippen LogP contribution in [0.25, 0.3) is 0 Å². The van der Waals surface area contributed by atoms with Crippen molar-refractivity contribution in [1.82, 2.24) is 5.32 Å². The fraction of sp³-hybridized carbons (Fsp3) is 0.571. The lowest BCUT2D eigenvalue weighted by atomic mass is 9.89. The van der Waals surface area contributed by atoms with Crippen molar-refractivity contribution < 1.29 is 4.74 Å². The molecule has 0 aliphatic rings. The number of ether oxygens (including phenoxy) is 1. The molecule has 0 aliphatic heterocycles. The van der Waals surface area contributed by atoms with Crippen LogP contribution in [0.15, 0.2) is 30.3 Å². The molecule has 90 valence electrons. The molecule has 0 bridgehead atoms. The summed E-state index contributed by atoms with van der Waals surface area (Å²) in [4.78, 5) is 0. The largest absolute Gasteiger partial charge is 0.384 e. The van der Waals surface area contributed by atoms with Gasteiger partial charge in [-0.05, 0) is 19.0 Å². The van der Waals surface area contributed by atoms with Gasteiger partial charge in [0.15, 0.2) is 0 Å². The quantitative estimate of drug-likeness (QED) is 0.764. The zero-order valence-corrected chi connectivity index (χ0v) is 10.6. The molecule has 1 rings (SSSR count). The third-order valence-electron chi connectivity index (χ3n) is 3.03. The number of methoxy groups -OCH3 is 1. The molecule has 0 spiro atoms. The minimum Gasteiger partial charge on any atom is -0.384 e. The first-order valence-corrected chi connectivity index (χ1v) is 6.04. The number of likely N-dealkylation sites (N-methyl/N-ethyl adjacent to an activating group) is 1. The molecule has 0 aromatic heterocycles. The van der Waals surface area contributed by atoms with Crippen LogP contribution in [0.2, 0.25) is 0 Å². The molecule has 2 nitrogen and oxygen atoms in total. The van der Waals surface area contributed by atoms with Crippen LogP contribution in [0.5, 0.6) is 0 Å². The SMILES string of the molecule is CCCC(NC)C(COC)c1ccccc1. The number of hydrogen-bond acceptors (Lipinski definition) is 2. The molecule has 1 aromatic rings. The molecule has 16 heavy (non-hydrogen) atoms. The first-order chi connectivity index (χ1) is 7.83. The van der Waals surface area contributed by atoms with Crippen molar-refractivity contribution >= 4 is 0 Å². The Hall–Kier alpha value is -0.860. The highest BCUT2D eigenvalue weighted by Crippen LogP contribution is 2.22. The summed E-state index contributed by atoms with van der Waals surface area (Å²) in [5.41, 5.74) is 1.36. The van der Waals surface area contributed by atoms with Crippen molar-refractivity contribution in [3.8, 4) is 0 Å². The maximum absolute atomic E-state index is 5.35. The van der Waals surface area contributed by atoms with Gasteiger partial charge in [-0.3, -0.25) is 0 Å². The van der Waals surface area contributed by atoms with E-state index in [1.165, 1.54) is 18.4 Å². The van der Waals surface area contributed by atoms with Crippen molar-refractivity contribution in [3.63, 3.8) is 0 Å². The van der Waals surface area contributed by atoms with Gasteiger partial charge in [-0.2, -0.15) is 0 Å². The lowest BCUT2D eigenvalue weighted by Gasteiger charge is -2.26. The van der Waals surface area contributed by atoms with Gasteiger partial charge in [0.05, 0.1) is 6.61 Å². The summed E-state index contributed by atoms with van der Waals surface area (Å²) in [5, 5.41) is 3.41. The molecule has 0 radical (unpaired) electrons. The van der Waals surface area contributed by atoms with Crippen LogP contribution in [-0.4, -0.2) is 26.8 Å². The molecule has 0 fully saturated rings. The van der Waals surface area contributed by atoms with Gasteiger partial charge in [0.25, 0.3) is 0 Å². The Balaban J connectivity index is 2.80. The van der Waals surface area contributed by atoms with Crippen molar-refractivity contribution in [1.29, 1.82) is 0 Å². The van der Waals surface area contributed by atoms with Crippen LogP contribution < -0.4 is 5.32 Å². The maximum Gasteiger partial charge on any atom is 0.0545 e. The second kappa shape index (κ2) is 7.42. The Kier molecular flexibility index (Phi) is 6.12. The Labute approximate surface area is 99.0 Å². The molecule has 2 atom stereocenters. The number of nitrogens with one attached hydrogen (secondary N) is 1. The fourth-order valence-electron chi connectivity index (χ4n) is 2.18. The van der Waals surface area contributed by atoms with Crippen LogP contribution in [0, 0.1) is 0 Å². The van der Waals surface area contributed by atoms with Gasteiger partial charge in [0.1, 0.15) is 0 Å². The maximum atomic E-state index is 5.35. The van der Waals surface area contributed by atoms with E-state index in [2.05, 4.69) is 42.6 Å². The van der Waals surface area contributed by atoms with Crippen LogP contribution in [0.4, 0.5) is 0 Å². The van der Waals surface area contributed by atoms with Crippen molar-refractivity contribution in [2.75, 3.05) is 20.8 Å². The summed E-state index contributed by atoms with van der Waals surface area (Å²) in [5.74, 6) is 0.441. The average molecular weight is 221 g/mol. The van der Waals surface area contributed by atoms with Crippen LogP contribution in [0.3, 0.4) is 0 Å². The molecule has 0 saturated carbocycles. The Bertz CT molecular complexity index is 273. The molecule has 0 amide bonds. The molecular formula is C14H23NO. The molecule has 0 saturated heterocycles. The van der Waals surface area contributed by atoms with E-state index in [1.807, 2.05) is 7.05 Å². The van der Waals surface area contributed by atoms with Crippen molar-refractivity contribution in [3.05, 3.63) is 35.9 Å². The summed E-state index contributed by atoms with van der Waals surface area (Å²) in [6.45, 7) is 2.99. The summed E-state index contributed by atoms with van der Waals surface area (Å²) in [6, 6.07) is 11.1. The van der Waals surface area contributed by atoms with Gasteiger partial charge in [0.2, 0.25) is 0 Å². The lowest BCUT2D eigenvalue weighted by molar-refractivity contribution is 0.162. The topological polar surface area (TPSA) is 21.3 Å². The van der Waals surface area contributed by atoms with Gasteiger partial charge < -0.3 is 10.1 Å². The lowest BCUT2D eigenvalue weighted by Crippen LogP contribution is -2.34. The van der Waals surface area contributed by atoms with E-state index in [1.54, 1.807) is 7.11 Å². The molecule has 0 aliphatic carbocycles. The second-order valence-corrected chi connectivity index (χ2v) is 4.16. The monoisotopic (exact) mass is 221 g/mol. The smallest absolute Gasteiger partial charge is 0.0545 e. The predicted octanol–water partition coefficient (Wildman–Crippen LogP) is 2.80. The van der Waals surface area contributed by atoms with Gasteiger partial charge in [-0.1, -0.05) is 43.7 Å². The molecule has 2 unspecified atom stereocenters. The standard InChI is InChI=1S/C14H23NO/c1-4-8-14(15-2)13(11-16-3)12-9-6-5-7-10-12/h5-7,9-10,13-15H,4,8,11H2,1-3H3. The molecule has 1 N–H and O–H groups in total. The summed E-state index contributed by atoms with van der Waals surface area (Å²) in [6.07, 6.45) is 2.37. The highest BCUT2D eigenvalue weighted by Gasteiger charge is 2.20. The number of hydrogen-bond donors (Lipinski definition) is 1. The summed E-state index contributed by atoms with van der Waals surface area (Å²) >= 11 is 0. The zero-order valence-electron chi connectivity index (χ0n) is 10.6. The fourth-order valence-corrected chi connectivity index (χ4v) is 2.18. The molecular weight excluding hydrogens is 198 g/mol. The highest BCUT2D eigenvalue weighted by atomic mass is 16.5. The minimum absolute atomic E-state index is 0.441. The van der Waals surface area contributed by atoms with E-state index in [-0.39, 0.29) is 0 Å². The van der Waals surface area contributed by atoms with E-state index >= 15 is 0 Å². The summed E-state index contributed by atoms with van der Waals surface area (Å²) < 4.78 is 5.35. The first kappa shape index (κ1) is 13.2.